The van der Waals surface area contributed by atoms with E-state index in [1.54, 1.807) is 4.31 Å². The zero-order valence-corrected chi connectivity index (χ0v) is 11.5. The van der Waals surface area contributed by atoms with Gasteiger partial charge in [0.2, 0.25) is 0 Å². The SMILES string of the molecule is CC1CCCCN1S(=O)(=O)NCc1ccccc1. The third-order valence-corrected chi connectivity index (χ3v) is 5.02. The topological polar surface area (TPSA) is 49.4 Å². The molecule has 0 spiro atoms. The van der Waals surface area contributed by atoms with Gasteiger partial charge >= 0.3 is 0 Å². The molecule has 1 saturated heterocycles. The Hall–Kier alpha value is -0.910. The molecule has 1 N–H and O–H groups in total. The number of hydrogen-bond donors (Lipinski definition) is 1. The molecule has 1 atom stereocenters. The maximum atomic E-state index is 12.2. The van der Waals surface area contributed by atoms with Crippen LogP contribution >= 0.6 is 0 Å². The Morgan fingerprint density at radius 1 is 1.28 bits per heavy atom. The lowest BCUT2D eigenvalue weighted by Crippen LogP contribution is -2.47. The fraction of sp³-hybridized carbons (Fsp3) is 0.538. The van der Waals surface area contributed by atoms with Gasteiger partial charge in [-0.25, -0.2) is 0 Å². The third-order valence-electron chi connectivity index (χ3n) is 3.35. The highest BCUT2D eigenvalue weighted by Gasteiger charge is 2.28. The number of hydrogen-bond acceptors (Lipinski definition) is 2. The van der Waals surface area contributed by atoms with E-state index in [1.165, 1.54) is 0 Å². The highest BCUT2D eigenvalue weighted by atomic mass is 32.2. The van der Waals surface area contributed by atoms with E-state index in [1.807, 2.05) is 37.3 Å². The van der Waals surface area contributed by atoms with Crippen LogP contribution in [0.3, 0.4) is 0 Å². The van der Waals surface area contributed by atoms with Gasteiger partial charge in [0.1, 0.15) is 0 Å². The Balaban J connectivity index is 1.99. The average Bonchev–Trinajstić information content (AvgIpc) is 2.38. The van der Waals surface area contributed by atoms with Crippen molar-refractivity contribution >= 4 is 10.2 Å². The molecule has 0 radical (unpaired) electrons. The molecule has 1 aliphatic rings. The van der Waals surface area contributed by atoms with Gasteiger partial charge < -0.3 is 0 Å². The molecule has 1 unspecified atom stereocenters. The predicted octanol–water partition coefficient (Wildman–Crippen LogP) is 1.90. The van der Waals surface area contributed by atoms with Crippen LogP contribution in [0, 0.1) is 0 Å². The second-order valence-corrected chi connectivity index (χ2v) is 6.48. The van der Waals surface area contributed by atoms with Crippen molar-refractivity contribution in [2.45, 2.75) is 38.8 Å². The number of benzene rings is 1. The van der Waals surface area contributed by atoms with E-state index < -0.39 is 10.2 Å². The van der Waals surface area contributed by atoms with Crippen molar-refractivity contribution in [3.05, 3.63) is 35.9 Å². The van der Waals surface area contributed by atoms with Crippen LogP contribution in [0.15, 0.2) is 30.3 Å². The lowest BCUT2D eigenvalue weighted by molar-refractivity contribution is 0.265. The van der Waals surface area contributed by atoms with Crippen molar-refractivity contribution in [3.8, 4) is 0 Å². The van der Waals surface area contributed by atoms with Gasteiger partial charge in [-0.1, -0.05) is 36.8 Å². The molecule has 0 aliphatic carbocycles. The first-order valence-electron chi connectivity index (χ1n) is 6.40. The van der Waals surface area contributed by atoms with Crippen LogP contribution in [0.5, 0.6) is 0 Å². The van der Waals surface area contributed by atoms with Crippen molar-refractivity contribution in [2.24, 2.45) is 0 Å². The van der Waals surface area contributed by atoms with E-state index in [-0.39, 0.29) is 6.04 Å². The molecule has 1 heterocycles. The second-order valence-electron chi connectivity index (χ2n) is 4.77. The summed E-state index contributed by atoms with van der Waals surface area (Å²) in [7, 11) is -3.35. The summed E-state index contributed by atoms with van der Waals surface area (Å²) >= 11 is 0. The molecule has 0 bridgehead atoms. The molecule has 4 nitrogen and oxygen atoms in total. The normalized spacial score (nSPS) is 21.9. The third kappa shape index (κ3) is 3.31. The van der Waals surface area contributed by atoms with Crippen LogP contribution in [0.25, 0.3) is 0 Å². The molecule has 100 valence electrons. The number of rotatable bonds is 4. The zero-order valence-electron chi connectivity index (χ0n) is 10.7. The molecule has 0 aromatic heterocycles. The summed E-state index contributed by atoms with van der Waals surface area (Å²) in [6.45, 7) is 2.96. The summed E-state index contributed by atoms with van der Waals surface area (Å²) in [5, 5.41) is 0. The lowest BCUT2D eigenvalue weighted by Gasteiger charge is -2.32. The minimum Gasteiger partial charge on any atom is -0.198 e. The van der Waals surface area contributed by atoms with Crippen LogP contribution in [-0.4, -0.2) is 25.3 Å². The van der Waals surface area contributed by atoms with E-state index in [9.17, 15) is 8.42 Å². The number of nitrogens with zero attached hydrogens (tertiary/aromatic N) is 1. The minimum absolute atomic E-state index is 0.104. The standard InChI is InChI=1S/C13H20N2O2S/c1-12-7-5-6-10-15(12)18(16,17)14-11-13-8-3-2-4-9-13/h2-4,8-9,12,14H,5-7,10-11H2,1H3. The van der Waals surface area contributed by atoms with E-state index in [4.69, 9.17) is 0 Å². The summed E-state index contributed by atoms with van der Waals surface area (Å²) in [5.41, 5.74) is 0.978. The van der Waals surface area contributed by atoms with Gasteiger partial charge in [0.05, 0.1) is 0 Å². The Kier molecular flexibility index (Phi) is 4.37. The van der Waals surface area contributed by atoms with E-state index >= 15 is 0 Å². The molecule has 5 heteroatoms. The van der Waals surface area contributed by atoms with Crippen LogP contribution < -0.4 is 4.72 Å². The minimum atomic E-state index is -3.35. The van der Waals surface area contributed by atoms with Gasteiger partial charge in [-0.3, -0.25) is 0 Å². The highest BCUT2D eigenvalue weighted by molar-refractivity contribution is 7.87. The first kappa shape index (κ1) is 13.5. The summed E-state index contributed by atoms with van der Waals surface area (Å²) in [6, 6.07) is 9.68. The van der Waals surface area contributed by atoms with Crippen molar-refractivity contribution in [3.63, 3.8) is 0 Å². The lowest BCUT2D eigenvalue weighted by atomic mass is 10.1. The maximum absolute atomic E-state index is 12.2. The first-order valence-corrected chi connectivity index (χ1v) is 7.84. The van der Waals surface area contributed by atoms with Crippen LogP contribution in [0.1, 0.15) is 31.7 Å². The Labute approximate surface area is 109 Å². The summed E-state index contributed by atoms with van der Waals surface area (Å²) in [4.78, 5) is 0. The molecule has 18 heavy (non-hydrogen) atoms. The van der Waals surface area contributed by atoms with Gasteiger partial charge in [0.15, 0.2) is 0 Å². The predicted molar refractivity (Wildman–Crippen MR) is 72.2 cm³/mol. The summed E-state index contributed by atoms with van der Waals surface area (Å²) < 4.78 is 28.6. The Morgan fingerprint density at radius 3 is 2.67 bits per heavy atom. The van der Waals surface area contributed by atoms with E-state index in [2.05, 4.69) is 4.72 Å². The van der Waals surface area contributed by atoms with Crippen molar-refractivity contribution in [1.29, 1.82) is 0 Å². The van der Waals surface area contributed by atoms with E-state index in [0.29, 0.717) is 13.1 Å². The largest absolute Gasteiger partial charge is 0.279 e. The van der Waals surface area contributed by atoms with Gasteiger partial charge in [0, 0.05) is 19.1 Å². The Bertz CT molecular complexity index is 473. The molecule has 2 rings (SSSR count). The van der Waals surface area contributed by atoms with Crippen molar-refractivity contribution < 1.29 is 8.42 Å². The van der Waals surface area contributed by atoms with Crippen LogP contribution in [-0.2, 0) is 16.8 Å². The fourth-order valence-corrected chi connectivity index (χ4v) is 3.75. The molecule has 0 saturated carbocycles. The first-order chi connectivity index (χ1) is 8.59. The second kappa shape index (κ2) is 5.82. The fourth-order valence-electron chi connectivity index (χ4n) is 2.28. The average molecular weight is 268 g/mol. The van der Waals surface area contributed by atoms with Gasteiger partial charge in [0.25, 0.3) is 10.2 Å². The number of piperidine rings is 1. The molecule has 1 aliphatic heterocycles. The van der Waals surface area contributed by atoms with Gasteiger partial charge in [-0.15, -0.1) is 0 Å². The zero-order chi connectivity index (χ0) is 13.0. The molecule has 1 fully saturated rings. The maximum Gasteiger partial charge on any atom is 0.279 e. The monoisotopic (exact) mass is 268 g/mol. The van der Waals surface area contributed by atoms with Gasteiger partial charge in [-0.2, -0.15) is 17.4 Å². The molecular formula is C13H20N2O2S. The number of nitrogens with one attached hydrogen (secondary N) is 1. The van der Waals surface area contributed by atoms with Crippen molar-refractivity contribution in [1.82, 2.24) is 9.03 Å². The molecule has 1 aromatic rings. The van der Waals surface area contributed by atoms with Crippen molar-refractivity contribution in [2.75, 3.05) is 6.54 Å². The quantitative estimate of drug-likeness (QED) is 0.906. The van der Waals surface area contributed by atoms with Crippen LogP contribution in [0.2, 0.25) is 0 Å². The smallest absolute Gasteiger partial charge is 0.198 e. The molecular weight excluding hydrogens is 248 g/mol. The van der Waals surface area contributed by atoms with Crippen LogP contribution in [0.4, 0.5) is 0 Å². The molecule has 1 aromatic carbocycles. The van der Waals surface area contributed by atoms with Gasteiger partial charge in [-0.05, 0) is 25.3 Å². The summed E-state index contributed by atoms with van der Waals surface area (Å²) in [6.07, 6.45) is 3.02. The molecule has 0 amide bonds. The Morgan fingerprint density at radius 2 is 2.00 bits per heavy atom. The summed E-state index contributed by atoms with van der Waals surface area (Å²) in [5.74, 6) is 0. The highest BCUT2D eigenvalue weighted by Crippen LogP contribution is 2.19. The van der Waals surface area contributed by atoms with E-state index in [0.717, 1.165) is 24.8 Å².